The molecule has 4 aromatic rings. The Morgan fingerprint density at radius 1 is 1.00 bits per heavy atom. The molecule has 3 aromatic carbocycles. The van der Waals surface area contributed by atoms with E-state index in [-0.39, 0.29) is 6.04 Å². The summed E-state index contributed by atoms with van der Waals surface area (Å²) < 4.78 is 1.95. The molecule has 1 fully saturated rings. The summed E-state index contributed by atoms with van der Waals surface area (Å²) in [4.78, 5) is 12.2. The Morgan fingerprint density at radius 2 is 1.66 bits per heavy atom. The number of alkyl halides is 1. The first kappa shape index (κ1) is 25.2. The van der Waals surface area contributed by atoms with Crippen molar-refractivity contribution in [2.75, 3.05) is 0 Å². The van der Waals surface area contributed by atoms with Gasteiger partial charge in [-0.25, -0.2) is 4.79 Å². The van der Waals surface area contributed by atoms with Crippen molar-refractivity contribution < 1.29 is 9.90 Å². The van der Waals surface area contributed by atoms with E-state index in [2.05, 4.69) is 59.4 Å². The fourth-order valence-electron chi connectivity index (χ4n) is 4.62. The van der Waals surface area contributed by atoms with Crippen molar-refractivity contribution >= 4 is 32.8 Å². The topological polar surface area (TPSA) is 54.3 Å². The molecule has 1 atom stereocenters. The number of rotatable bonds is 7. The highest BCUT2D eigenvalue weighted by Gasteiger charge is 2.28. The van der Waals surface area contributed by atoms with Crippen LogP contribution in [0.5, 0.6) is 0 Å². The zero-order valence-electron chi connectivity index (χ0n) is 20.4. The molecule has 4 nitrogen and oxygen atoms in total. The molecule has 0 aliphatic heterocycles. The van der Waals surface area contributed by atoms with Crippen LogP contribution in [0.15, 0.2) is 78.9 Å². The van der Waals surface area contributed by atoms with Gasteiger partial charge in [-0.15, -0.1) is 0 Å². The summed E-state index contributed by atoms with van der Waals surface area (Å²) in [7, 11) is 0. The zero-order chi connectivity index (χ0) is 24.8. The lowest BCUT2D eigenvalue weighted by atomic mass is 9.91. The number of hydrogen-bond acceptors (Lipinski definition) is 2. The molecule has 1 saturated carbocycles. The Morgan fingerprint density at radius 3 is 2.26 bits per heavy atom. The summed E-state index contributed by atoms with van der Waals surface area (Å²) in [6, 6.07) is 27.1. The molecular weight excluding hydrogens is 500 g/mol. The molecule has 0 spiro atoms. The normalized spacial score (nSPS) is 14.1. The van der Waals surface area contributed by atoms with E-state index in [1.807, 2.05) is 59.2 Å². The first-order chi connectivity index (χ1) is 17.0. The van der Waals surface area contributed by atoms with Crippen LogP contribution < -0.4 is 5.32 Å². The molecule has 0 radical (unpaired) electrons. The number of fused-ring (bicyclic) bond motifs is 1. The molecule has 1 unspecified atom stereocenters. The monoisotopic (exact) mass is 532 g/mol. The molecule has 1 heterocycles. The van der Waals surface area contributed by atoms with Crippen LogP contribution >= 0.6 is 15.9 Å². The molecule has 5 heteroatoms. The quantitative estimate of drug-likeness (QED) is 0.242. The third-order valence-corrected chi connectivity index (χ3v) is 7.34. The largest absolute Gasteiger partial charge is 0.477 e. The van der Waals surface area contributed by atoms with Gasteiger partial charge in [0.15, 0.2) is 0 Å². The first-order valence-corrected chi connectivity index (χ1v) is 13.4. The maximum atomic E-state index is 12.2. The first-order valence-electron chi connectivity index (χ1n) is 12.2. The Balaban J connectivity index is 0.000000271. The number of nitrogens with one attached hydrogen (secondary N) is 1. The molecule has 35 heavy (non-hydrogen) atoms. The second-order valence-electron chi connectivity index (χ2n) is 9.29. The Labute approximate surface area is 216 Å². The summed E-state index contributed by atoms with van der Waals surface area (Å²) in [5, 5.41) is 15.6. The number of aromatic nitrogens is 1. The van der Waals surface area contributed by atoms with Gasteiger partial charge in [0.1, 0.15) is 5.69 Å². The number of carboxylic acid groups (broad SMARTS) is 1. The number of aryl methyl sites for hydroxylation is 1. The molecule has 1 aliphatic rings. The lowest BCUT2D eigenvalue weighted by molar-refractivity contribution is 0.0684. The minimum Gasteiger partial charge on any atom is -0.477 e. The molecule has 1 aromatic heterocycles. The van der Waals surface area contributed by atoms with Gasteiger partial charge in [0.25, 0.3) is 0 Å². The van der Waals surface area contributed by atoms with Crippen LogP contribution in [0.1, 0.15) is 65.0 Å². The van der Waals surface area contributed by atoms with Gasteiger partial charge >= 0.3 is 5.97 Å². The van der Waals surface area contributed by atoms with Gasteiger partial charge in [0, 0.05) is 40.4 Å². The SMILES string of the molecule is CC(NC1CCC1)c1c(C(=O)O)n(Cc2ccccc2)c2ccccc12.Cc1ccc(CBr)cc1. The van der Waals surface area contributed by atoms with Gasteiger partial charge in [-0.3, -0.25) is 0 Å². The average molecular weight is 534 g/mol. The number of aromatic carboxylic acids is 1. The zero-order valence-corrected chi connectivity index (χ0v) is 22.0. The number of nitrogens with zero attached hydrogens (tertiary/aromatic N) is 1. The lowest BCUT2D eigenvalue weighted by Gasteiger charge is -2.30. The van der Waals surface area contributed by atoms with Crippen LogP contribution in [0, 0.1) is 6.92 Å². The van der Waals surface area contributed by atoms with E-state index in [4.69, 9.17) is 0 Å². The van der Waals surface area contributed by atoms with E-state index in [9.17, 15) is 9.90 Å². The van der Waals surface area contributed by atoms with Crippen LogP contribution in [0.2, 0.25) is 0 Å². The van der Waals surface area contributed by atoms with Gasteiger partial charge in [0.05, 0.1) is 0 Å². The average Bonchev–Trinajstić information content (AvgIpc) is 3.17. The highest BCUT2D eigenvalue weighted by atomic mass is 79.9. The summed E-state index contributed by atoms with van der Waals surface area (Å²) >= 11 is 3.38. The van der Waals surface area contributed by atoms with Crippen molar-refractivity contribution in [1.29, 1.82) is 0 Å². The van der Waals surface area contributed by atoms with Crippen molar-refractivity contribution in [3.8, 4) is 0 Å². The van der Waals surface area contributed by atoms with E-state index in [1.165, 1.54) is 30.4 Å². The molecule has 1 aliphatic carbocycles. The number of hydrogen-bond donors (Lipinski definition) is 2. The summed E-state index contributed by atoms with van der Waals surface area (Å²) in [5.74, 6) is -0.866. The highest BCUT2D eigenvalue weighted by Crippen LogP contribution is 2.33. The summed E-state index contributed by atoms with van der Waals surface area (Å²) in [6.07, 6.45) is 3.61. The van der Waals surface area contributed by atoms with Crippen molar-refractivity contribution in [2.24, 2.45) is 0 Å². The lowest BCUT2D eigenvalue weighted by Crippen LogP contribution is -2.37. The standard InChI is InChI=1S/C22H24N2O2.C8H9Br/c1-15(23-17-10-7-11-17)20-18-12-5-6-13-19(18)24(21(20)22(25)26)14-16-8-3-2-4-9-16;1-7-2-4-8(6-9)5-3-7/h2-6,8-9,12-13,15,17,23H,7,10-11,14H2,1H3,(H,25,26);2-5H,6H2,1H3. The van der Waals surface area contributed by atoms with Gasteiger partial charge < -0.3 is 15.0 Å². The van der Waals surface area contributed by atoms with Gasteiger partial charge in [-0.05, 0) is 43.9 Å². The number of benzene rings is 3. The number of halogens is 1. The molecule has 5 rings (SSSR count). The van der Waals surface area contributed by atoms with Crippen LogP contribution in [0.25, 0.3) is 10.9 Å². The van der Waals surface area contributed by atoms with E-state index in [0.717, 1.165) is 27.4 Å². The van der Waals surface area contributed by atoms with Crippen LogP contribution in [0.3, 0.4) is 0 Å². The van der Waals surface area contributed by atoms with Gasteiger partial charge in [-0.2, -0.15) is 0 Å². The van der Waals surface area contributed by atoms with Crippen LogP contribution in [0.4, 0.5) is 0 Å². The fraction of sp³-hybridized carbons (Fsp3) is 0.300. The Bertz CT molecular complexity index is 1260. The number of carbonyl (C=O) groups is 1. The maximum absolute atomic E-state index is 12.2. The van der Waals surface area contributed by atoms with E-state index < -0.39 is 5.97 Å². The maximum Gasteiger partial charge on any atom is 0.352 e. The third kappa shape index (κ3) is 6.03. The minimum atomic E-state index is -0.866. The van der Waals surface area contributed by atoms with E-state index in [0.29, 0.717) is 18.3 Å². The molecule has 0 amide bonds. The molecule has 0 bridgehead atoms. The Kier molecular flexibility index (Phi) is 8.42. The molecule has 0 saturated heterocycles. The smallest absolute Gasteiger partial charge is 0.352 e. The molecular formula is C30H33BrN2O2. The van der Waals surface area contributed by atoms with E-state index in [1.54, 1.807) is 0 Å². The Hall–Kier alpha value is -2.89. The number of para-hydroxylation sites is 1. The van der Waals surface area contributed by atoms with Crippen molar-refractivity contribution in [3.63, 3.8) is 0 Å². The third-order valence-electron chi connectivity index (χ3n) is 6.69. The van der Waals surface area contributed by atoms with Crippen molar-refractivity contribution in [3.05, 3.63) is 107 Å². The van der Waals surface area contributed by atoms with Crippen molar-refractivity contribution in [2.45, 2.75) is 57.1 Å². The van der Waals surface area contributed by atoms with Crippen LogP contribution in [-0.4, -0.2) is 21.7 Å². The number of carboxylic acids is 1. The highest BCUT2D eigenvalue weighted by molar-refractivity contribution is 9.08. The van der Waals surface area contributed by atoms with Crippen molar-refractivity contribution in [1.82, 2.24) is 9.88 Å². The molecule has 2 N–H and O–H groups in total. The van der Waals surface area contributed by atoms with Gasteiger partial charge in [0.2, 0.25) is 0 Å². The fourth-order valence-corrected chi connectivity index (χ4v) is 4.99. The second kappa shape index (κ2) is 11.7. The minimum absolute atomic E-state index is 0.00771. The van der Waals surface area contributed by atoms with E-state index >= 15 is 0 Å². The van der Waals surface area contributed by atoms with Crippen LogP contribution in [-0.2, 0) is 11.9 Å². The summed E-state index contributed by atoms with van der Waals surface area (Å²) in [6.45, 7) is 4.73. The summed E-state index contributed by atoms with van der Waals surface area (Å²) in [5.41, 5.74) is 6.03. The second-order valence-corrected chi connectivity index (χ2v) is 9.85. The molecule has 182 valence electrons. The predicted molar refractivity (Wildman–Crippen MR) is 147 cm³/mol. The van der Waals surface area contributed by atoms with Gasteiger partial charge in [-0.1, -0.05) is 101 Å². The predicted octanol–water partition coefficient (Wildman–Crippen LogP) is 7.48.